The summed E-state index contributed by atoms with van der Waals surface area (Å²) in [5, 5.41) is 25.6. The second kappa shape index (κ2) is 7.26. The van der Waals surface area contributed by atoms with Gasteiger partial charge in [-0.25, -0.2) is 4.79 Å². The fourth-order valence-electron chi connectivity index (χ4n) is 2.03. The molecule has 0 saturated carbocycles. The van der Waals surface area contributed by atoms with Crippen molar-refractivity contribution in [2.75, 3.05) is 10.6 Å². The van der Waals surface area contributed by atoms with Gasteiger partial charge in [0.05, 0.1) is 11.3 Å². The highest BCUT2D eigenvalue weighted by Gasteiger charge is 2.21. The lowest BCUT2D eigenvalue weighted by atomic mass is 9.95. The third-order valence-electron chi connectivity index (χ3n) is 3.56. The number of benzene rings is 2. The van der Waals surface area contributed by atoms with E-state index < -0.39 is 23.0 Å². The first-order chi connectivity index (χ1) is 12.1. The van der Waals surface area contributed by atoms with E-state index >= 15 is 0 Å². The highest BCUT2D eigenvalue weighted by atomic mass is 16.4. The number of carboxylic acids is 1. The SMILES string of the molecule is CC(C)(C)C(=O)Nc1ccc(C(=O)Nc2ccc([O-])cc2C(=O)O)cc1. The molecule has 2 amide bonds. The smallest absolute Gasteiger partial charge is 0.337 e. The van der Waals surface area contributed by atoms with Crippen molar-refractivity contribution in [1.82, 2.24) is 0 Å². The van der Waals surface area contributed by atoms with Crippen molar-refractivity contribution in [3.05, 3.63) is 53.6 Å². The first kappa shape index (κ1) is 19.0. The van der Waals surface area contributed by atoms with Crippen LogP contribution in [0.5, 0.6) is 5.75 Å². The molecule has 3 N–H and O–H groups in total. The van der Waals surface area contributed by atoms with Gasteiger partial charge in [0.15, 0.2) is 0 Å². The van der Waals surface area contributed by atoms with Crippen molar-refractivity contribution < 1.29 is 24.6 Å². The number of rotatable bonds is 4. The normalized spacial score (nSPS) is 10.9. The maximum atomic E-state index is 12.3. The Kier molecular flexibility index (Phi) is 5.30. The van der Waals surface area contributed by atoms with Crippen molar-refractivity contribution in [1.29, 1.82) is 0 Å². The molecule has 0 heterocycles. The third-order valence-corrected chi connectivity index (χ3v) is 3.56. The van der Waals surface area contributed by atoms with Crippen molar-refractivity contribution in [2.45, 2.75) is 20.8 Å². The van der Waals surface area contributed by atoms with E-state index in [4.69, 9.17) is 5.11 Å². The second-order valence-corrected chi connectivity index (χ2v) is 6.75. The largest absolute Gasteiger partial charge is 0.872 e. The molecule has 0 aliphatic rings. The zero-order valence-electron chi connectivity index (χ0n) is 14.6. The van der Waals surface area contributed by atoms with Crippen LogP contribution in [0.1, 0.15) is 41.5 Å². The molecule has 0 saturated heterocycles. The monoisotopic (exact) mass is 355 g/mol. The summed E-state index contributed by atoms with van der Waals surface area (Å²) in [6.07, 6.45) is 0. The van der Waals surface area contributed by atoms with Gasteiger partial charge in [-0.1, -0.05) is 32.9 Å². The van der Waals surface area contributed by atoms with E-state index in [0.717, 1.165) is 6.07 Å². The third kappa shape index (κ3) is 4.60. The number of aromatic carboxylic acids is 1. The van der Waals surface area contributed by atoms with Crippen LogP contribution in [0.4, 0.5) is 11.4 Å². The predicted octanol–water partition coefficient (Wildman–Crippen LogP) is 2.70. The molecule has 0 aliphatic heterocycles. The maximum Gasteiger partial charge on any atom is 0.337 e. The Balaban J connectivity index is 2.14. The summed E-state index contributed by atoms with van der Waals surface area (Å²) in [5.74, 6) is -2.45. The molecule has 2 aromatic carbocycles. The van der Waals surface area contributed by atoms with E-state index in [9.17, 15) is 19.5 Å². The van der Waals surface area contributed by atoms with Gasteiger partial charge in [0.2, 0.25) is 5.91 Å². The van der Waals surface area contributed by atoms with Crippen LogP contribution in [0, 0.1) is 5.41 Å². The van der Waals surface area contributed by atoms with Gasteiger partial charge in [-0.15, -0.1) is 5.75 Å². The molecule has 0 spiro atoms. The van der Waals surface area contributed by atoms with Crippen LogP contribution in [0.25, 0.3) is 0 Å². The van der Waals surface area contributed by atoms with Gasteiger partial charge in [-0.3, -0.25) is 9.59 Å². The first-order valence-electron chi connectivity index (χ1n) is 7.85. The molecule has 0 atom stereocenters. The molecule has 2 aromatic rings. The zero-order valence-corrected chi connectivity index (χ0v) is 14.6. The van der Waals surface area contributed by atoms with E-state index in [1.165, 1.54) is 24.3 Å². The highest BCUT2D eigenvalue weighted by molar-refractivity contribution is 6.08. The summed E-state index contributed by atoms with van der Waals surface area (Å²) in [4.78, 5) is 35.4. The zero-order chi connectivity index (χ0) is 19.5. The summed E-state index contributed by atoms with van der Waals surface area (Å²) < 4.78 is 0. The van der Waals surface area contributed by atoms with Crippen molar-refractivity contribution >= 4 is 29.2 Å². The summed E-state index contributed by atoms with van der Waals surface area (Å²) in [5.41, 5.74) is 0.0358. The summed E-state index contributed by atoms with van der Waals surface area (Å²) >= 11 is 0. The molecule has 7 heteroatoms. The average molecular weight is 355 g/mol. The lowest BCUT2D eigenvalue weighted by Crippen LogP contribution is -2.27. The van der Waals surface area contributed by atoms with Crippen LogP contribution < -0.4 is 15.7 Å². The minimum Gasteiger partial charge on any atom is -0.872 e. The van der Waals surface area contributed by atoms with Gasteiger partial charge in [0.1, 0.15) is 0 Å². The van der Waals surface area contributed by atoms with Crippen LogP contribution in [-0.2, 0) is 4.79 Å². The van der Waals surface area contributed by atoms with E-state index in [1.54, 1.807) is 32.9 Å². The minimum absolute atomic E-state index is 0.0345. The standard InChI is InChI=1S/C19H20N2O5/c1-19(2,3)18(26)20-12-6-4-11(5-7-12)16(23)21-15-9-8-13(22)10-14(15)17(24)25/h4-10,22H,1-3H3,(H,20,26)(H,21,23)(H,24,25)/p-1. The Morgan fingerprint density at radius 3 is 2.12 bits per heavy atom. The number of hydrogen-bond acceptors (Lipinski definition) is 4. The number of nitrogens with one attached hydrogen (secondary N) is 2. The van der Waals surface area contributed by atoms with Gasteiger partial charge < -0.3 is 20.8 Å². The van der Waals surface area contributed by atoms with Gasteiger partial charge in [0.25, 0.3) is 5.91 Å². The van der Waals surface area contributed by atoms with Crippen molar-refractivity contribution in [2.24, 2.45) is 5.41 Å². The second-order valence-electron chi connectivity index (χ2n) is 6.75. The molecular weight excluding hydrogens is 336 g/mol. The molecule has 26 heavy (non-hydrogen) atoms. The molecule has 0 fully saturated rings. The van der Waals surface area contributed by atoms with Crippen molar-refractivity contribution in [3.8, 4) is 5.75 Å². The summed E-state index contributed by atoms with van der Waals surface area (Å²) in [6.45, 7) is 5.37. The fraction of sp³-hybridized carbons (Fsp3) is 0.211. The number of carbonyl (C=O) groups is 3. The van der Waals surface area contributed by atoms with E-state index in [2.05, 4.69) is 10.6 Å². The molecule has 0 unspecified atom stereocenters. The number of carboxylic acid groups (broad SMARTS) is 1. The summed E-state index contributed by atoms with van der Waals surface area (Å²) in [7, 11) is 0. The van der Waals surface area contributed by atoms with Gasteiger partial charge in [-0.2, -0.15) is 0 Å². The predicted molar refractivity (Wildman–Crippen MR) is 95.3 cm³/mol. The van der Waals surface area contributed by atoms with Crippen LogP contribution in [0.15, 0.2) is 42.5 Å². The molecule has 0 aliphatic carbocycles. The molecule has 0 aromatic heterocycles. The Morgan fingerprint density at radius 1 is 0.962 bits per heavy atom. The fourth-order valence-corrected chi connectivity index (χ4v) is 2.03. The van der Waals surface area contributed by atoms with Gasteiger partial charge >= 0.3 is 5.97 Å². The number of anilines is 2. The van der Waals surface area contributed by atoms with E-state index in [1.807, 2.05) is 0 Å². The molecule has 7 nitrogen and oxygen atoms in total. The van der Waals surface area contributed by atoms with Gasteiger partial charge in [0, 0.05) is 16.7 Å². The van der Waals surface area contributed by atoms with Crippen LogP contribution >= 0.6 is 0 Å². The first-order valence-corrected chi connectivity index (χ1v) is 7.85. The molecule has 0 radical (unpaired) electrons. The number of hydrogen-bond donors (Lipinski definition) is 3. The Hall–Kier alpha value is -3.35. The number of carbonyl (C=O) groups excluding carboxylic acids is 2. The Bertz CT molecular complexity index is 851. The molecule has 2 rings (SSSR count). The highest BCUT2D eigenvalue weighted by Crippen LogP contribution is 2.21. The van der Waals surface area contributed by atoms with Crippen LogP contribution in [0.2, 0.25) is 0 Å². The van der Waals surface area contributed by atoms with E-state index in [-0.39, 0.29) is 22.7 Å². The molecular formula is C19H19N2O5-. The van der Waals surface area contributed by atoms with E-state index in [0.29, 0.717) is 5.69 Å². The number of amides is 2. The Morgan fingerprint density at radius 2 is 1.58 bits per heavy atom. The summed E-state index contributed by atoms with van der Waals surface area (Å²) in [6, 6.07) is 9.55. The lowest BCUT2D eigenvalue weighted by molar-refractivity contribution is -0.268. The average Bonchev–Trinajstić information content (AvgIpc) is 2.56. The molecule has 136 valence electrons. The quantitative estimate of drug-likeness (QED) is 0.779. The minimum atomic E-state index is -1.31. The van der Waals surface area contributed by atoms with Crippen molar-refractivity contribution in [3.63, 3.8) is 0 Å². The topological polar surface area (TPSA) is 119 Å². The van der Waals surface area contributed by atoms with Crippen LogP contribution in [0.3, 0.4) is 0 Å². The molecule has 0 bridgehead atoms. The lowest BCUT2D eigenvalue weighted by Gasteiger charge is -2.17. The Labute approximate surface area is 150 Å². The van der Waals surface area contributed by atoms with Crippen LogP contribution in [-0.4, -0.2) is 22.9 Å². The van der Waals surface area contributed by atoms with Gasteiger partial charge in [-0.05, 0) is 30.3 Å². The maximum absolute atomic E-state index is 12.3.